The summed E-state index contributed by atoms with van der Waals surface area (Å²) < 4.78 is 0. The SMILES string of the molecule is O=[N+]([O-])c1cccc([C@@H]2Nc3ccc([N+](=O)[O-])cc3[C@@H]3[C@H]4CC[C@@H](C4)[C@H]32)c1. The molecule has 2 bridgehead atoms. The summed E-state index contributed by atoms with van der Waals surface area (Å²) in [5.74, 6) is 1.71. The van der Waals surface area contributed by atoms with Gasteiger partial charge in [0.2, 0.25) is 0 Å². The highest BCUT2D eigenvalue weighted by Crippen LogP contribution is 2.64. The Kier molecular flexibility index (Phi) is 3.47. The number of rotatable bonds is 3. The summed E-state index contributed by atoms with van der Waals surface area (Å²) >= 11 is 0. The zero-order valence-corrected chi connectivity index (χ0v) is 14.6. The molecule has 0 spiro atoms. The maximum absolute atomic E-state index is 11.2. The molecular formula is C20H19N3O4. The Morgan fingerprint density at radius 1 is 0.926 bits per heavy atom. The fourth-order valence-electron chi connectivity index (χ4n) is 5.75. The number of nitrogens with zero attached hydrogens (tertiary/aromatic N) is 2. The summed E-state index contributed by atoms with van der Waals surface area (Å²) in [7, 11) is 0. The van der Waals surface area contributed by atoms with Gasteiger partial charge >= 0.3 is 0 Å². The first kappa shape index (κ1) is 16.2. The molecule has 7 heteroatoms. The minimum Gasteiger partial charge on any atom is -0.378 e. The molecule has 5 rings (SSSR count). The Hall–Kier alpha value is -2.96. The van der Waals surface area contributed by atoms with Crippen LogP contribution < -0.4 is 5.32 Å². The molecule has 0 radical (unpaired) electrons. The van der Waals surface area contributed by atoms with Gasteiger partial charge in [-0.05, 0) is 60.1 Å². The van der Waals surface area contributed by atoms with Crippen LogP contribution in [0.4, 0.5) is 17.1 Å². The van der Waals surface area contributed by atoms with Gasteiger partial charge in [-0.15, -0.1) is 0 Å². The first-order valence-electron chi connectivity index (χ1n) is 9.32. The first-order valence-corrected chi connectivity index (χ1v) is 9.32. The van der Waals surface area contributed by atoms with Gasteiger partial charge in [0.1, 0.15) is 0 Å². The molecule has 0 amide bonds. The number of non-ortho nitro benzene ring substituents is 2. The second-order valence-corrected chi connectivity index (χ2v) is 7.94. The molecule has 2 aromatic rings. The van der Waals surface area contributed by atoms with Crippen molar-refractivity contribution >= 4 is 17.1 Å². The summed E-state index contributed by atoms with van der Waals surface area (Å²) in [6.45, 7) is 0. The highest BCUT2D eigenvalue weighted by atomic mass is 16.6. The predicted octanol–water partition coefficient (Wildman–Crippen LogP) is 4.80. The number of nitrogens with one attached hydrogen (secondary N) is 1. The van der Waals surface area contributed by atoms with Gasteiger partial charge in [-0.3, -0.25) is 20.2 Å². The zero-order chi connectivity index (χ0) is 18.7. The minimum absolute atomic E-state index is 0.000781. The van der Waals surface area contributed by atoms with E-state index in [0.29, 0.717) is 17.8 Å². The van der Waals surface area contributed by atoms with Crippen molar-refractivity contribution in [1.82, 2.24) is 0 Å². The summed E-state index contributed by atoms with van der Waals surface area (Å²) in [5.41, 5.74) is 3.12. The summed E-state index contributed by atoms with van der Waals surface area (Å²) in [4.78, 5) is 21.8. The van der Waals surface area contributed by atoms with E-state index in [-0.39, 0.29) is 33.2 Å². The van der Waals surface area contributed by atoms with E-state index in [1.165, 1.54) is 18.6 Å². The Labute approximate surface area is 155 Å². The van der Waals surface area contributed by atoms with Crippen LogP contribution in [0.1, 0.15) is 42.3 Å². The Bertz CT molecular complexity index is 960. The fourth-order valence-corrected chi connectivity index (χ4v) is 5.75. The third kappa shape index (κ3) is 2.41. The highest BCUT2D eigenvalue weighted by molar-refractivity contribution is 5.62. The largest absolute Gasteiger partial charge is 0.378 e. The standard InChI is InChI=1S/C20H19N3O4/c24-22(25)14-3-1-2-13(9-14)20-19-12-5-4-11(8-12)18(19)16-10-15(23(26)27)6-7-17(16)21-20/h1-3,6-7,9-12,18-21H,4-5,8H2/t11-,12-,18-,19+,20-/m0/s1. The average molecular weight is 365 g/mol. The van der Waals surface area contributed by atoms with Crippen molar-refractivity contribution in [2.45, 2.75) is 31.2 Å². The smallest absolute Gasteiger partial charge is 0.269 e. The second-order valence-electron chi connectivity index (χ2n) is 7.94. The molecule has 1 N–H and O–H groups in total. The van der Waals surface area contributed by atoms with E-state index in [1.54, 1.807) is 24.3 Å². The second kappa shape index (κ2) is 5.77. The number of nitro groups is 2. The molecule has 1 aliphatic heterocycles. The van der Waals surface area contributed by atoms with Gasteiger partial charge in [0.25, 0.3) is 11.4 Å². The molecule has 0 aromatic heterocycles. The van der Waals surface area contributed by atoms with E-state index >= 15 is 0 Å². The van der Waals surface area contributed by atoms with Crippen LogP contribution in [0.25, 0.3) is 0 Å². The van der Waals surface area contributed by atoms with Crippen molar-refractivity contribution in [1.29, 1.82) is 0 Å². The average Bonchev–Trinajstić information content (AvgIpc) is 3.29. The van der Waals surface area contributed by atoms with Crippen molar-refractivity contribution in [2.24, 2.45) is 17.8 Å². The van der Waals surface area contributed by atoms with Crippen molar-refractivity contribution in [3.63, 3.8) is 0 Å². The lowest BCUT2D eigenvalue weighted by atomic mass is 9.68. The van der Waals surface area contributed by atoms with Crippen LogP contribution >= 0.6 is 0 Å². The van der Waals surface area contributed by atoms with E-state index < -0.39 is 0 Å². The molecule has 0 unspecified atom stereocenters. The van der Waals surface area contributed by atoms with Gasteiger partial charge < -0.3 is 5.32 Å². The molecular weight excluding hydrogens is 346 g/mol. The van der Waals surface area contributed by atoms with Gasteiger partial charge in [0, 0.05) is 30.0 Å². The van der Waals surface area contributed by atoms with Crippen LogP contribution in [0.15, 0.2) is 42.5 Å². The Morgan fingerprint density at radius 3 is 2.44 bits per heavy atom. The third-order valence-corrected chi connectivity index (χ3v) is 6.72. The van der Waals surface area contributed by atoms with Crippen LogP contribution in [0.3, 0.4) is 0 Å². The molecule has 0 saturated heterocycles. The fraction of sp³-hybridized carbons (Fsp3) is 0.400. The molecule has 27 heavy (non-hydrogen) atoms. The van der Waals surface area contributed by atoms with Crippen molar-refractivity contribution in [2.75, 3.05) is 5.32 Å². The van der Waals surface area contributed by atoms with Crippen molar-refractivity contribution in [3.8, 4) is 0 Å². The summed E-state index contributed by atoms with van der Waals surface area (Å²) in [6.07, 6.45) is 3.48. The molecule has 138 valence electrons. The molecule has 5 atom stereocenters. The number of benzene rings is 2. The van der Waals surface area contributed by atoms with E-state index in [0.717, 1.165) is 29.7 Å². The van der Waals surface area contributed by atoms with Crippen molar-refractivity contribution in [3.05, 3.63) is 73.8 Å². The van der Waals surface area contributed by atoms with Crippen LogP contribution in [0.2, 0.25) is 0 Å². The van der Waals surface area contributed by atoms with E-state index in [9.17, 15) is 20.2 Å². The number of anilines is 1. The lowest BCUT2D eigenvalue weighted by Gasteiger charge is -2.43. The highest BCUT2D eigenvalue weighted by Gasteiger charge is 2.54. The lowest BCUT2D eigenvalue weighted by molar-refractivity contribution is -0.385. The molecule has 3 aliphatic rings. The first-order chi connectivity index (χ1) is 13.0. The van der Waals surface area contributed by atoms with Crippen molar-refractivity contribution < 1.29 is 9.85 Å². The topological polar surface area (TPSA) is 98.3 Å². The quantitative estimate of drug-likeness (QED) is 0.622. The normalized spacial score (nSPS) is 30.3. The van der Waals surface area contributed by atoms with Gasteiger partial charge in [-0.1, -0.05) is 12.1 Å². The monoisotopic (exact) mass is 365 g/mol. The maximum Gasteiger partial charge on any atom is 0.269 e. The minimum atomic E-state index is -0.359. The predicted molar refractivity (Wildman–Crippen MR) is 99.6 cm³/mol. The van der Waals surface area contributed by atoms with Crippen LogP contribution in [0, 0.1) is 38.0 Å². The van der Waals surface area contributed by atoms with Crippen LogP contribution in [-0.2, 0) is 0 Å². The van der Waals surface area contributed by atoms with Gasteiger partial charge in [-0.2, -0.15) is 0 Å². The molecule has 7 nitrogen and oxygen atoms in total. The molecule has 2 aliphatic carbocycles. The molecule has 2 saturated carbocycles. The number of hydrogen-bond acceptors (Lipinski definition) is 5. The lowest BCUT2D eigenvalue weighted by Crippen LogP contribution is -2.35. The molecule has 2 fully saturated rings. The van der Waals surface area contributed by atoms with Crippen LogP contribution in [-0.4, -0.2) is 9.85 Å². The Balaban J connectivity index is 1.62. The Morgan fingerprint density at radius 2 is 1.67 bits per heavy atom. The zero-order valence-electron chi connectivity index (χ0n) is 14.6. The third-order valence-electron chi connectivity index (χ3n) is 6.72. The summed E-state index contributed by atoms with van der Waals surface area (Å²) in [5, 5.41) is 26.0. The van der Waals surface area contributed by atoms with Gasteiger partial charge in [0.15, 0.2) is 0 Å². The van der Waals surface area contributed by atoms with E-state index in [4.69, 9.17) is 0 Å². The molecule has 2 aromatic carbocycles. The maximum atomic E-state index is 11.2. The van der Waals surface area contributed by atoms with Crippen LogP contribution in [0.5, 0.6) is 0 Å². The van der Waals surface area contributed by atoms with E-state index in [2.05, 4.69) is 5.32 Å². The summed E-state index contributed by atoms with van der Waals surface area (Å²) in [6, 6.07) is 11.9. The number of fused-ring (bicyclic) bond motifs is 7. The van der Waals surface area contributed by atoms with Gasteiger partial charge in [-0.25, -0.2) is 0 Å². The molecule has 1 heterocycles. The van der Waals surface area contributed by atoms with Gasteiger partial charge in [0.05, 0.1) is 15.9 Å². The number of hydrogen-bond donors (Lipinski definition) is 1. The van der Waals surface area contributed by atoms with E-state index in [1.807, 2.05) is 6.07 Å². The number of nitro benzene ring substituents is 2.